The first kappa shape index (κ1) is 30.1. The fraction of sp³-hybridized carbons (Fsp3) is 0.235. The molecule has 44 heavy (non-hydrogen) atoms. The summed E-state index contributed by atoms with van der Waals surface area (Å²) in [5, 5.41) is 19.4. The zero-order chi connectivity index (χ0) is 31.4. The monoisotopic (exact) mass is 600 g/mol. The minimum Gasteiger partial charge on any atom is -0.504 e. The minimum absolute atomic E-state index is 0.0691. The Balaban J connectivity index is 0.000000175. The second-order valence-electron chi connectivity index (χ2n) is 10.1. The molecule has 0 unspecified atom stereocenters. The van der Waals surface area contributed by atoms with Crippen molar-refractivity contribution >= 4 is 11.9 Å². The zero-order valence-electron chi connectivity index (χ0n) is 24.7. The number of aromatic hydroxyl groups is 2. The molecule has 0 bridgehead atoms. The summed E-state index contributed by atoms with van der Waals surface area (Å²) in [7, 11) is 6.11. The number of carbonyl (C=O) groups excluding carboxylic acids is 2. The van der Waals surface area contributed by atoms with Crippen LogP contribution in [0.2, 0.25) is 0 Å². The largest absolute Gasteiger partial charge is 0.504 e. The maximum absolute atomic E-state index is 11.9. The van der Waals surface area contributed by atoms with Gasteiger partial charge in [0.2, 0.25) is 0 Å². The molecule has 4 aromatic carbocycles. The van der Waals surface area contributed by atoms with Crippen molar-refractivity contribution in [3.63, 3.8) is 0 Å². The van der Waals surface area contributed by atoms with Crippen molar-refractivity contribution in [2.24, 2.45) is 0 Å². The first-order valence-electron chi connectivity index (χ1n) is 13.8. The Morgan fingerprint density at radius 2 is 0.977 bits per heavy atom. The number of phenolic OH excluding ortho intramolecular Hbond substituents is 2. The molecule has 0 fully saturated rings. The van der Waals surface area contributed by atoms with E-state index in [0.717, 1.165) is 22.3 Å². The highest BCUT2D eigenvalue weighted by Crippen LogP contribution is 2.43. The highest BCUT2D eigenvalue weighted by molar-refractivity contribution is 5.79. The molecule has 0 saturated heterocycles. The Bertz CT molecular complexity index is 1570. The van der Waals surface area contributed by atoms with Crippen LogP contribution in [0, 0.1) is 0 Å². The summed E-state index contributed by atoms with van der Waals surface area (Å²) in [6.07, 6.45) is 0.487. The number of rotatable bonds is 6. The standard InChI is InChI=1S/2C17H16O5/c2*1-20-11-4-5-12-13(9-17(19)22-15(12)8-11)10-3-6-14(18)16(7-10)21-2/h2*3-8,13,18H,9H2,1-2H3/t2*13-/m10/s1. The second-order valence-corrected chi connectivity index (χ2v) is 10.1. The van der Waals surface area contributed by atoms with E-state index in [-0.39, 0.29) is 48.1 Å². The van der Waals surface area contributed by atoms with E-state index in [0.29, 0.717) is 34.5 Å². The maximum atomic E-state index is 11.9. The highest BCUT2D eigenvalue weighted by atomic mass is 16.5. The molecular weight excluding hydrogens is 568 g/mol. The molecule has 2 N–H and O–H groups in total. The van der Waals surface area contributed by atoms with Crippen LogP contribution < -0.4 is 28.4 Å². The Hall–Kier alpha value is -5.38. The predicted octanol–water partition coefficient (Wildman–Crippen LogP) is 5.70. The van der Waals surface area contributed by atoms with Crippen molar-refractivity contribution in [2.45, 2.75) is 24.7 Å². The summed E-state index contributed by atoms with van der Waals surface area (Å²) >= 11 is 0. The molecule has 2 aliphatic rings. The normalized spacial score (nSPS) is 16.6. The minimum atomic E-state index is -0.294. The van der Waals surface area contributed by atoms with Crippen LogP contribution in [-0.4, -0.2) is 50.6 Å². The number of fused-ring (bicyclic) bond motifs is 2. The molecule has 10 nitrogen and oxygen atoms in total. The molecule has 4 aromatic rings. The van der Waals surface area contributed by atoms with Crippen molar-refractivity contribution in [3.8, 4) is 46.0 Å². The van der Waals surface area contributed by atoms with Gasteiger partial charge in [0.05, 0.1) is 41.3 Å². The van der Waals surface area contributed by atoms with Gasteiger partial charge in [-0.3, -0.25) is 9.59 Å². The van der Waals surface area contributed by atoms with E-state index in [1.807, 2.05) is 24.3 Å². The fourth-order valence-electron chi connectivity index (χ4n) is 5.33. The van der Waals surface area contributed by atoms with Crippen molar-refractivity contribution in [1.82, 2.24) is 0 Å². The second kappa shape index (κ2) is 12.9. The highest BCUT2D eigenvalue weighted by Gasteiger charge is 2.30. The van der Waals surface area contributed by atoms with Gasteiger partial charge in [0.15, 0.2) is 23.0 Å². The van der Waals surface area contributed by atoms with Crippen LogP contribution >= 0.6 is 0 Å². The molecule has 2 heterocycles. The third kappa shape index (κ3) is 6.19. The summed E-state index contributed by atoms with van der Waals surface area (Å²) < 4.78 is 31.2. The first-order valence-corrected chi connectivity index (χ1v) is 13.8. The lowest BCUT2D eigenvalue weighted by atomic mass is 9.86. The molecule has 0 amide bonds. The summed E-state index contributed by atoms with van der Waals surface area (Å²) in [6, 6.07) is 21.1. The van der Waals surface area contributed by atoms with Crippen LogP contribution in [0.4, 0.5) is 0 Å². The average molecular weight is 601 g/mol. The van der Waals surface area contributed by atoms with Gasteiger partial charge in [0.25, 0.3) is 0 Å². The topological polar surface area (TPSA) is 130 Å². The number of methoxy groups -OCH3 is 4. The molecule has 2 aliphatic heterocycles. The van der Waals surface area contributed by atoms with E-state index in [1.54, 1.807) is 62.8 Å². The van der Waals surface area contributed by atoms with E-state index >= 15 is 0 Å². The third-order valence-corrected chi connectivity index (χ3v) is 7.59. The van der Waals surface area contributed by atoms with E-state index < -0.39 is 0 Å². The van der Waals surface area contributed by atoms with E-state index in [2.05, 4.69) is 0 Å². The number of benzene rings is 4. The molecule has 228 valence electrons. The Labute approximate surface area is 254 Å². The number of esters is 2. The van der Waals surface area contributed by atoms with Crippen LogP contribution in [0.1, 0.15) is 46.9 Å². The molecule has 0 aromatic heterocycles. The number of carbonyl (C=O) groups is 2. The van der Waals surface area contributed by atoms with Crippen molar-refractivity contribution in [3.05, 3.63) is 95.1 Å². The van der Waals surface area contributed by atoms with Gasteiger partial charge in [0.1, 0.15) is 23.0 Å². The Morgan fingerprint density at radius 3 is 1.34 bits per heavy atom. The third-order valence-electron chi connectivity index (χ3n) is 7.59. The lowest BCUT2D eigenvalue weighted by Crippen LogP contribution is -2.21. The predicted molar refractivity (Wildman–Crippen MR) is 159 cm³/mol. The van der Waals surface area contributed by atoms with Gasteiger partial charge in [0, 0.05) is 35.1 Å². The Kier molecular flexibility index (Phi) is 8.80. The molecule has 0 saturated carbocycles. The number of phenols is 2. The summed E-state index contributed by atoms with van der Waals surface area (Å²) in [5.41, 5.74) is 3.59. The Morgan fingerprint density at radius 1 is 0.568 bits per heavy atom. The van der Waals surface area contributed by atoms with Gasteiger partial charge in [-0.05, 0) is 47.5 Å². The van der Waals surface area contributed by atoms with Crippen LogP contribution in [-0.2, 0) is 9.59 Å². The lowest BCUT2D eigenvalue weighted by molar-refractivity contribution is -0.136. The molecule has 2 atom stereocenters. The first-order chi connectivity index (χ1) is 21.2. The molecule has 0 spiro atoms. The quantitative estimate of drug-likeness (QED) is 0.210. The average Bonchev–Trinajstić information content (AvgIpc) is 3.04. The van der Waals surface area contributed by atoms with Gasteiger partial charge < -0.3 is 38.6 Å². The van der Waals surface area contributed by atoms with Gasteiger partial charge in [-0.25, -0.2) is 0 Å². The van der Waals surface area contributed by atoms with Gasteiger partial charge >= 0.3 is 11.9 Å². The molecule has 0 aliphatic carbocycles. The molecule has 10 heteroatoms. The van der Waals surface area contributed by atoms with Crippen LogP contribution in [0.15, 0.2) is 72.8 Å². The zero-order valence-corrected chi connectivity index (χ0v) is 24.7. The van der Waals surface area contributed by atoms with Crippen LogP contribution in [0.5, 0.6) is 46.0 Å². The van der Waals surface area contributed by atoms with Gasteiger partial charge in [-0.2, -0.15) is 0 Å². The maximum Gasteiger partial charge on any atom is 0.312 e. The summed E-state index contributed by atoms with van der Waals surface area (Å²) in [5.74, 6) is 2.31. The van der Waals surface area contributed by atoms with Crippen LogP contribution in [0.3, 0.4) is 0 Å². The molecule has 0 radical (unpaired) electrons. The SMILES string of the molecule is COc1ccc2c(c1)OC(=O)C[C@@H]2c1ccc(O)c(OC)c1.COc1ccc2c(c1)OC(=O)C[C@H]2c1ccc(O)c(OC)c1. The van der Waals surface area contributed by atoms with Crippen molar-refractivity contribution in [1.29, 1.82) is 0 Å². The van der Waals surface area contributed by atoms with Gasteiger partial charge in [-0.15, -0.1) is 0 Å². The van der Waals surface area contributed by atoms with E-state index in [1.165, 1.54) is 14.2 Å². The molecule has 6 rings (SSSR count). The lowest BCUT2D eigenvalue weighted by Gasteiger charge is -2.25. The van der Waals surface area contributed by atoms with Crippen LogP contribution in [0.25, 0.3) is 0 Å². The van der Waals surface area contributed by atoms with E-state index in [9.17, 15) is 19.8 Å². The fourth-order valence-corrected chi connectivity index (χ4v) is 5.33. The number of hydrogen-bond acceptors (Lipinski definition) is 10. The summed E-state index contributed by atoms with van der Waals surface area (Å²) in [6.45, 7) is 0. The van der Waals surface area contributed by atoms with Crippen molar-refractivity contribution < 1.29 is 48.2 Å². The summed E-state index contributed by atoms with van der Waals surface area (Å²) in [4.78, 5) is 23.8. The van der Waals surface area contributed by atoms with E-state index in [4.69, 9.17) is 28.4 Å². The smallest absolute Gasteiger partial charge is 0.312 e. The van der Waals surface area contributed by atoms with Gasteiger partial charge in [-0.1, -0.05) is 24.3 Å². The number of ether oxygens (including phenoxy) is 6. The number of hydrogen-bond donors (Lipinski definition) is 2. The molecular formula is C34H32O10. The van der Waals surface area contributed by atoms with Crippen molar-refractivity contribution in [2.75, 3.05) is 28.4 Å².